The van der Waals surface area contributed by atoms with E-state index >= 15 is 0 Å². The van der Waals surface area contributed by atoms with Crippen molar-refractivity contribution in [2.75, 3.05) is 19.7 Å². The molecule has 3 rings (SSSR count). The number of rotatable bonds is 8. The molecule has 3 aromatic rings. The Labute approximate surface area is 172 Å². The highest BCUT2D eigenvalue weighted by Crippen LogP contribution is 2.23. The van der Waals surface area contributed by atoms with Gasteiger partial charge in [0.15, 0.2) is 17.4 Å². The van der Waals surface area contributed by atoms with Crippen molar-refractivity contribution in [3.8, 4) is 5.75 Å². The third-order valence-corrected chi connectivity index (χ3v) is 4.74. The van der Waals surface area contributed by atoms with E-state index in [4.69, 9.17) is 4.74 Å². The molecule has 0 amide bonds. The molecule has 29 heavy (non-hydrogen) atoms. The second-order valence-electron chi connectivity index (χ2n) is 7.07. The van der Waals surface area contributed by atoms with Crippen LogP contribution in [0.2, 0.25) is 0 Å². The van der Waals surface area contributed by atoms with E-state index in [0.29, 0.717) is 13.2 Å². The van der Waals surface area contributed by atoms with Crippen LogP contribution in [0, 0.1) is 20.8 Å². The Morgan fingerprint density at radius 3 is 2.83 bits per heavy atom. The Balaban J connectivity index is 1.50. The summed E-state index contributed by atoms with van der Waals surface area (Å²) >= 11 is 0. The van der Waals surface area contributed by atoms with E-state index < -0.39 is 0 Å². The van der Waals surface area contributed by atoms with Crippen molar-refractivity contribution in [1.29, 1.82) is 0 Å². The first-order valence-corrected chi connectivity index (χ1v) is 10.1. The fraction of sp³-hybridized carbons (Fsp3) is 0.409. The molecule has 0 aliphatic rings. The molecule has 2 aromatic heterocycles. The first kappa shape index (κ1) is 20.6. The lowest BCUT2D eigenvalue weighted by molar-refractivity contribution is 0.308. The van der Waals surface area contributed by atoms with Crippen molar-refractivity contribution >= 4 is 11.6 Å². The average molecular weight is 395 g/mol. The summed E-state index contributed by atoms with van der Waals surface area (Å²) in [6.07, 6.45) is 2.83. The number of aromatic nitrogens is 3. The number of ether oxygens (including phenoxy) is 1. The average Bonchev–Trinajstić information content (AvgIpc) is 3.12. The van der Waals surface area contributed by atoms with E-state index in [0.717, 1.165) is 42.7 Å². The number of benzene rings is 1. The molecule has 0 saturated heterocycles. The van der Waals surface area contributed by atoms with E-state index in [1.807, 2.05) is 28.8 Å². The maximum Gasteiger partial charge on any atom is 0.191 e. The summed E-state index contributed by atoms with van der Waals surface area (Å²) in [6, 6.07) is 10.1. The Morgan fingerprint density at radius 2 is 2.00 bits per heavy atom. The lowest BCUT2D eigenvalue weighted by Gasteiger charge is -2.14. The van der Waals surface area contributed by atoms with Gasteiger partial charge in [-0.15, -0.1) is 10.2 Å². The summed E-state index contributed by atoms with van der Waals surface area (Å²) in [5.74, 6) is 2.55. The molecule has 7 nitrogen and oxygen atoms in total. The van der Waals surface area contributed by atoms with Gasteiger partial charge in [0.2, 0.25) is 0 Å². The first-order valence-electron chi connectivity index (χ1n) is 10.1. The normalized spacial score (nSPS) is 11.7. The van der Waals surface area contributed by atoms with Crippen LogP contribution in [0.15, 0.2) is 41.5 Å². The number of aliphatic imine (C=N–C) groups is 1. The summed E-state index contributed by atoms with van der Waals surface area (Å²) in [4.78, 5) is 4.63. The molecule has 7 heteroatoms. The SMILES string of the molecule is CCNC(=NCc1nnc2ccccn12)NCCCOc1cc(C)cc(C)c1C. The third kappa shape index (κ3) is 5.47. The largest absolute Gasteiger partial charge is 0.493 e. The van der Waals surface area contributed by atoms with Crippen molar-refractivity contribution in [3.63, 3.8) is 0 Å². The number of nitrogens with one attached hydrogen (secondary N) is 2. The van der Waals surface area contributed by atoms with Crippen LogP contribution in [0.25, 0.3) is 5.65 Å². The van der Waals surface area contributed by atoms with Crippen molar-refractivity contribution in [2.45, 2.75) is 40.7 Å². The van der Waals surface area contributed by atoms with E-state index in [-0.39, 0.29) is 0 Å². The lowest BCUT2D eigenvalue weighted by Crippen LogP contribution is -2.38. The maximum absolute atomic E-state index is 5.99. The number of guanidine groups is 1. The number of aryl methyl sites for hydroxylation is 2. The lowest BCUT2D eigenvalue weighted by atomic mass is 10.1. The van der Waals surface area contributed by atoms with Crippen molar-refractivity contribution in [1.82, 2.24) is 25.2 Å². The number of pyridine rings is 1. The summed E-state index contributed by atoms with van der Waals surface area (Å²) in [7, 11) is 0. The monoisotopic (exact) mass is 394 g/mol. The van der Waals surface area contributed by atoms with Gasteiger partial charge >= 0.3 is 0 Å². The highest BCUT2D eigenvalue weighted by atomic mass is 16.5. The van der Waals surface area contributed by atoms with Gasteiger partial charge in [0.25, 0.3) is 0 Å². The Morgan fingerprint density at radius 1 is 1.14 bits per heavy atom. The zero-order valence-electron chi connectivity index (χ0n) is 17.7. The van der Waals surface area contributed by atoms with Crippen LogP contribution in [0.4, 0.5) is 0 Å². The van der Waals surface area contributed by atoms with Crippen LogP contribution in [0.3, 0.4) is 0 Å². The van der Waals surface area contributed by atoms with Gasteiger partial charge in [-0.25, -0.2) is 4.99 Å². The fourth-order valence-corrected chi connectivity index (χ4v) is 3.10. The molecule has 0 aliphatic carbocycles. The minimum atomic E-state index is 0.457. The van der Waals surface area contributed by atoms with Crippen molar-refractivity contribution in [2.24, 2.45) is 4.99 Å². The molecule has 154 valence electrons. The van der Waals surface area contributed by atoms with Crippen LogP contribution >= 0.6 is 0 Å². The predicted molar refractivity (Wildman–Crippen MR) is 117 cm³/mol. The number of hydrogen-bond acceptors (Lipinski definition) is 4. The molecule has 0 unspecified atom stereocenters. The third-order valence-electron chi connectivity index (χ3n) is 4.74. The smallest absolute Gasteiger partial charge is 0.191 e. The van der Waals surface area contributed by atoms with Gasteiger partial charge < -0.3 is 15.4 Å². The van der Waals surface area contributed by atoms with Crippen LogP contribution in [0.5, 0.6) is 5.75 Å². The van der Waals surface area contributed by atoms with Crippen LogP contribution in [-0.4, -0.2) is 40.3 Å². The van der Waals surface area contributed by atoms with E-state index in [1.54, 1.807) is 0 Å². The summed E-state index contributed by atoms with van der Waals surface area (Å²) in [6.45, 7) is 11.1. The molecule has 1 aromatic carbocycles. The number of nitrogens with zero attached hydrogens (tertiary/aromatic N) is 4. The number of hydrogen-bond donors (Lipinski definition) is 2. The van der Waals surface area contributed by atoms with Crippen molar-refractivity contribution in [3.05, 3.63) is 59.0 Å². The van der Waals surface area contributed by atoms with E-state index in [1.165, 1.54) is 16.7 Å². The van der Waals surface area contributed by atoms with Gasteiger partial charge in [0, 0.05) is 19.3 Å². The molecule has 0 radical (unpaired) electrons. The summed E-state index contributed by atoms with van der Waals surface area (Å²) < 4.78 is 7.94. The van der Waals surface area contributed by atoms with Gasteiger partial charge in [-0.05, 0) is 69.0 Å². The molecule has 0 bridgehead atoms. The molecular weight excluding hydrogens is 364 g/mol. The van der Waals surface area contributed by atoms with Crippen LogP contribution in [0.1, 0.15) is 35.9 Å². The highest BCUT2D eigenvalue weighted by Gasteiger charge is 2.06. The van der Waals surface area contributed by atoms with Crippen molar-refractivity contribution < 1.29 is 4.74 Å². The second-order valence-corrected chi connectivity index (χ2v) is 7.07. The molecule has 0 aliphatic heterocycles. The van der Waals surface area contributed by atoms with E-state index in [9.17, 15) is 0 Å². The molecule has 0 saturated carbocycles. The van der Waals surface area contributed by atoms with Crippen LogP contribution < -0.4 is 15.4 Å². The van der Waals surface area contributed by atoms with Crippen LogP contribution in [-0.2, 0) is 6.54 Å². The van der Waals surface area contributed by atoms with E-state index in [2.05, 4.69) is 65.7 Å². The predicted octanol–water partition coefficient (Wildman–Crippen LogP) is 3.18. The van der Waals surface area contributed by atoms with Gasteiger partial charge in [0.05, 0.1) is 6.61 Å². The second kappa shape index (κ2) is 9.91. The minimum absolute atomic E-state index is 0.457. The Bertz CT molecular complexity index is 979. The Kier molecular flexibility index (Phi) is 7.05. The standard InChI is InChI=1S/C22H30N6O/c1-5-23-22(25-15-21-27-26-20-9-6-7-11-28(20)21)24-10-8-12-29-19-14-16(2)13-17(3)18(19)4/h6-7,9,11,13-14H,5,8,10,12,15H2,1-4H3,(H2,23,24,25). The van der Waals surface area contributed by atoms with Gasteiger partial charge in [0.1, 0.15) is 12.3 Å². The van der Waals surface area contributed by atoms with Gasteiger partial charge in [-0.3, -0.25) is 4.40 Å². The fourth-order valence-electron chi connectivity index (χ4n) is 3.10. The first-order chi connectivity index (χ1) is 14.1. The highest BCUT2D eigenvalue weighted by molar-refractivity contribution is 5.79. The maximum atomic E-state index is 5.99. The quantitative estimate of drug-likeness (QED) is 0.349. The zero-order chi connectivity index (χ0) is 20.6. The van der Waals surface area contributed by atoms with Gasteiger partial charge in [-0.2, -0.15) is 0 Å². The summed E-state index contributed by atoms with van der Waals surface area (Å²) in [5.41, 5.74) is 4.53. The molecule has 0 spiro atoms. The molecule has 0 fully saturated rings. The summed E-state index contributed by atoms with van der Waals surface area (Å²) in [5, 5.41) is 15.0. The number of fused-ring (bicyclic) bond motifs is 1. The minimum Gasteiger partial charge on any atom is -0.493 e. The molecule has 0 atom stereocenters. The Hall–Kier alpha value is -3.09. The molecular formula is C22H30N6O. The molecule has 2 heterocycles. The topological polar surface area (TPSA) is 75.8 Å². The molecule has 2 N–H and O–H groups in total. The zero-order valence-corrected chi connectivity index (χ0v) is 17.7. The van der Waals surface area contributed by atoms with Gasteiger partial charge in [-0.1, -0.05) is 12.1 Å².